The minimum atomic E-state index is 0.641. The molecule has 0 saturated carbocycles. The Labute approximate surface area is 298 Å². The zero-order chi connectivity index (χ0) is 33.7. The van der Waals surface area contributed by atoms with Crippen molar-refractivity contribution in [2.24, 2.45) is 0 Å². The summed E-state index contributed by atoms with van der Waals surface area (Å²) in [5.74, 6) is 1.94. The lowest BCUT2D eigenvalue weighted by Gasteiger charge is -2.14. The maximum atomic E-state index is 5.02. The smallest absolute Gasteiger partial charge is 0.164 e. The van der Waals surface area contributed by atoms with Crippen molar-refractivity contribution in [1.29, 1.82) is 0 Å². The molecule has 0 unspecified atom stereocenters. The fraction of sp³-hybridized carbons (Fsp3) is 0. The van der Waals surface area contributed by atoms with Gasteiger partial charge in [0.2, 0.25) is 0 Å². The highest BCUT2D eigenvalue weighted by molar-refractivity contribution is 7.26. The molecular weight excluding hydrogens is 641 g/mol. The van der Waals surface area contributed by atoms with Crippen molar-refractivity contribution in [3.8, 4) is 56.4 Å². The second-order valence-corrected chi connectivity index (χ2v) is 13.7. The third-order valence-corrected chi connectivity index (χ3v) is 10.8. The summed E-state index contributed by atoms with van der Waals surface area (Å²) >= 11 is 1.77. The summed E-state index contributed by atoms with van der Waals surface area (Å²) in [6.45, 7) is 0. The van der Waals surface area contributed by atoms with E-state index in [0.29, 0.717) is 17.5 Å². The summed E-state index contributed by atoms with van der Waals surface area (Å²) in [4.78, 5) is 20.7. The lowest BCUT2D eigenvalue weighted by Crippen LogP contribution is -2.00. The second kappa shape index (κ2) is 12.1. The van der Waals surface area contributed by atoms with Crippen molar-refractivity contribution in [2.45, 2.75) is 0 Å². The van der Waals surface area contributed by atoms with E-state index in [1.807, 2.05) is 42.6 Å². The number of hydrogen-bond donors (Lipinski definition) is 0. The van der Waals surface area contributed by atoms with Crippen LogP contribution in [0.5, 0.6) is 0 Å². The molecule has 5 heteroatoms. The molecule has 3 heterocycles. The number of aromatic nitrogens is 4. The van der Waals surface area contributed by atoms with Gasteiger partial charge in [-0.1, -0.05) is 146 Å². The molecule has 0 N–H and O–H groups in total. The van der Waals surface area contributed by atoms with Gasteiger partial charge < -0.3 is 0 Å². The van der Waals surface area contributed by atoms with E-state index in [2.05, 4.69) is 132 Å². The summed E-state index contributed by atoms with van der Waals surface area (Å²) in [5, 5.41) is 7.30. The highest BCUT2D eigenvalue weighted by atomic mass is 32.1. The number of fused-ring (bicyclic) bond motifs is 6. The van der Waals surface area contributed by atoms with Crippen LogP contribution in [0, 0.1) is 0 Å². The number of nitrogens with zero attached hydrogens (tertiary/aromatic N) is 4. The molecule has 0 radical (unpaired) electrons. The summed E-state index contributed by atoms with van der Waals surface area (Å²) in [6, 6.07) is 57.5. The lowest BCUT2D eigenvalue weighted by atomic mass is 9.91. The number of rotatable bonds is 5. The molecule has 0 amide bonds. The number of thiophene rings is 1. The van der Waals surface area contributed by atoms with E-state index in [1.54, 1.807) is 11.3 Å². The molecule has 0 atom stereocenters. The topological polar surface area (TPSA) is 51.6 Å². The second-order valence-electron chi connectivity index (χ2n) is 12.7. The molecule has 7 aromatic carbocycles. The predicted octanol–water partition coefficient (Wildman–Crippen LogP) is 12.3. The standard InChI is InChI=1S/C46H28N4S/c1-2-11-31(12-3-1)43-48-44(50-45(49-43)34-24-19-29-10-4-5-13-33(29)28-34)32-22-20-30(21-23-32)35-14-6-7-15-36(35)37-16-8-17-39-38(37)25-26-40-41-18-9-27-47-46(41)51-42(39)40/h1-28H. The molecule has 0 fully saturated rings. The molecule has 4 nitrogen and oxygen atoms in total. The van der Waals surface area contributed by atoms with Crippen molar-refractivity contribution in [1.82, 2.24) is 19.9 Å². The first kappa shape index (κ1) is 29.4. The Morgan fingerprint density at radius 1 is 0.353 bits per heavy atom. The van der Waals surface area contributed by atoms with Crippen LogP contribution in [0.25, 0.3) is 98.3 Å². The van der Waals surface area contributed by atoms with Gasteiger partial charge in [0.25, 0.3) is 0 Å². The highest BCUT2D eigenvalue weighted by Gasteiger charge is 2.16. The van der Waals surface area contributed by atoms with Crippen LogP contribution in [0.2, 0.25) is 0 Å². The van der Waals surface area contributed by atoms with E-state index in [4.69, 9.17) is 15.0 Å². The third-order valence-electron chi connectivity index (χ3n) is 9.62. The number of hydrogen-bond acceptors (Lipinski definition) is 5. The summed E-state index contributed by atoms with van der Waals surface area (Å²) < 4.78 is 1.28. The Kier molecular flexibility index (Phi) is 6.96. The average Bonchev–Trinajstić information content (AvgIpc) is 3.60. The summed E-state index contributed by atoms with van der Waals surface area (Å²) in [6.07, 6.45) is 1.87. The van der Waals surface area contributed by atoms with E-state index in [0.717, 1.165) is 32.5 Å². The predicted molar refractivity (Wildman–Crippen MR) is 213 cm³/mol. The van der Waals surface area contributed by atoms with Gasteiger partial charge in [0, 0.05) is 43.7 Å². The summed E-state index contributed by atoms with van der Waals surface area (Å²) in [5.41, 5.74) is 7.55. The molecule has 10 aromatic rings. The van der Waals surface area contributed by atoms with Crippen LogP contribution in [-0.2, 0) is 0 Å². The van der Waals surface area contributed by atoms with Crippen LogP contribution in [0.3, 0.4) is 0 Å². The first-order chi connectivity index (χ1) is 25.3. The van der Waals surface area contributed by atoms with Crippen molar-refractivity contribution in [3.05, 3.63) is 170 Å². The van der Waals surface area contributed by atoms with Gasteiger partial charge in [-0.3, -0.25) is 0 Å². The molecule has 0 aliphatic carbocycles. The molecule has 0 spiro atoms. The Morgan fingerprint density at radius 3 is 1.76 bits per heavy atom. The fourth-order valence-electron chi connectivity index (χ4n) is 7.11. The maximum Gasteiger partial charge on any atom is 0.164 e. The zero-order valence-electron chi connectivity index (χ0n) is 27.4. The minimum Gasteiger partial charge on any atom is -0.245 e. The van der Waals surface area contributed by atoms with E-state index in [9.17, 15) is 0 Å². The monoisotopic (exact) mass is 668 g/mol. The van der Waals surface area contributed by atoms with Gasteiger partial charge in [-0.05, 0) is 56.6 Å². The molecular formula is C46H28N4S. The first-order valence-electron chi connectivity index (χ1n) is 17.0. The molecule has 0 saturated heterocycles. The first-order valence-corrected chi connectivity index (χ1v) is 17.8. The Morgan fingerprint density at radius 2 is 0.941 bits per heavy atom. The third kappa shape index (κ3) is 5.14. The molecule has 0 aliphatic rings. The minimum absolute atomic E-state index is 0.641. The van der Waals surface area contributed by atoms with Gasteiger partial charge in [-0.15, -0.1) is 11.3 Å². The van der Waals surface area contributed by atoms with Gasteiger partial charge >= 0.3 is 0 Å². The molecule has 10 rings (SSSR count). The van der Waals surface area contributed by atoms with E-state index >= 15 is 0 Å². The molecule has 0 bridgehead atoms. The number of pyridine rings is 1. The Hall–Kier alpha value is -6.56. The van der Waals surface area contributed by atoms with Crippen molar-refractivity contribution < 1.29 is 0 Å². The number of benzene rings is 7. The van der Waals surface area contributed by atoms with Gasteiger partial charge in [0.15, 0.2) is 17.5 Å². The largest absolute Gasteiger partial charge is 0.245 e. The zero-order valence-corrected chi connectivity index (χ0v) is 28.2. The van der Waals surface area contributed by atoms with Crippen LogP contribution in [0.4, 0.5) is 0 Å². The fourth-order valence-corrected chi connectivity index (χ4v) is 8.28. The molecule has 51 heavy (non-hydrogen) atoms. The Bertz CT molecular complexity index is 2910. The van der Waals surface area contributed by atoms with Gasteiger partial charge in [0.05, 0.1) is 0 Å². The van der Waals surface area contributed by atoms with E-state index in [1.165, 1.54) is 48.3 Å². The van der Waals surface area contributed by atoms with Crippen LogP contribution in [-0.4, -0.2) is 19.9 Å². The highest BCUT2D eigenvalue weighted by Crippen LogP contribution is 2.42. The normalized spacial score (nSPS) is 11.5. The molecule has 0 aliphatic heterocycles. The van der Waals surface area contributed by atoms with Crippen LogP contribution in [0.15, 0.2) is 170 Å². The van der Waals surface area contributed by atoms with Crippen LogP contribution in [0.1, 0.15) is 0 Å². The quantitative estimate of drug-likeness (QED) is 0.183. The van der Waals surface area contributed by atoms with Gasteiger partial charge in [-0.2, -0.15) is 0 Å². The van der Waals surface area contributed by atoms with Gasteiger partial charge in [0.1, 0.15) is 4.83 Å². The Balaban J connectivity index is 1.07. The molecule has 3 aromatic heterocycles. The SMILES string of the molecule is c1ccc(-c2nc(-c3ccc(-c4ccccc4-c4cccc5c4ccc4c6cccnc6sc54)cc3)nc(-c3ccc4ccccc4c3)n2)cc1. The summed E-state index contributed by atoms with van der Waals surface area (Å²) in [7, 11) is 0. The molecule has 238 valence electrons. The van der Waals surface area contributed by atoms with Crippen molar-refractivity contribution in [3.63, 3.8) is 0 Å². The average molecular weight is 669 g/mol. The lowest BCUT2D eigenvalue weighted by molar-refractivity contribution is 1.07. The van der Waals surface area contributed by atoms with Gasteiger partial charge in [-0.25, -0.2) is 19.9 Å². The van der Waals surface area contributed by atoms with Crippen LogP contribution < -0.4 is 0 Å². The van der Waals surface area contributed by atoms with Crippen molar-refractivity contribution >= 4 is 53.2 Å². The van der Waals surface area contributed by atoms with Crippen LogP contribution >= 0.6 is 11.3 Å². The van der Waals surface area contributed by atoms with E-state index in [-0.39, 0.29) is 0 Å². The van der Waals surface area contributed by atoms with E-state index < -0.39 is 0 Å². The maximum absolute atomic E-state index is 5.02. The van der Waals surface area contributed by atoms with Crippen molar-refractivity contribution in [2.75, 3.05) is 0 Å².